The fraction of sp³-hybridized carbons (Fsp3) is 0.286. The van der Waals surface area contributed by atoms with Crippen LogP contribution in [0.1, 0.15) is 38.2 Å². The van der Waals surface area contributed by atoms with Gasteiger partial charge in [-0.2, -0.15) is 0 Å². The topological polar surface area (TPSA) is 179 Å². The average molecular weight is 451 g/mol. The number of rotatable bonds is 7. The van der Waals surface area contributed by atoms with Crippen molar-refractivity contribution in [3.8, 4) is 5.88 Å². The number of hydrogen-bond acceptors (Lipinski definition) is 8. The van der Waals surface area contributed by atoms with Gasteiger partial charge < -0.3 is 5.11 Å². The van der Waals surface area contributed by atoms with Crippen molar-refractivity contribution in [3.05, 3.63) is 65.4 Å². The van der Waals surface area contributed by atoms with Gasteiger partial charge in [0.2, 0.25) is 5.88 Å². The molecule has 12 nitrogen and oxygen atoms in total. The molecule has 1 aromatic carbocycles. The SMILES string of the molecule is CCCCCCn1c(=O)[nH]c2nc3cc(N=Cc4c(O)[nH]c(=O)[nH]c4=O)ccc3nc2c1=O. The zero-order chi connectivity index (χ0) is 23.5. The summed E-state index contributed by atoms with van der Waals surface area (Å²) in [7, 11) is 0. The van der Waals surface area contributed by atoms with Gasteiger partial charge in [-0.1, -0.05) is 26.2 Å². The minimum atomic E-state index is -0.837. The molecule has 4 N–H and O–H groups in total. The minimum Gasteiger partial charge on any atom is -0.494 e. The summed E-state index contributed by atoms with van der Waals surface area (Å²) in [5.41, 5.74) is -1.59. The van der Waals surface area contributed by atoms with Crippen molar-refractivity contribution in [2.45, 2.75) is 39.2 Å². The predicted molar refractivity (Wildman–Crippen MR) is 123 cm³/mol. The zero-order valence-electron chi connectivity index (χ0n) is 17.7. The molecule has 0 amide bonds. The third-order valence-corrected chi connectivity index (χ3v) is 5.10. The first-order chi connectivity index (χ1) is 15.9. The van der Waals surface area contributed by atoms with Crippen molar-refractivity contribution in [2.24, 2.45) is 4.99 Å². The smallest absolute Gasteiger partial charge is 0.330 e. The molecule has 0 atom stereocenters. The summed E-state index contributed by atoms with van der Waals surface area (Å²) in [5.74, 6) is -0.609. The van der Waals surface area contributed by atoms with E-state index in [9.17, 15) is 24.3 Å². The van der Waals surface area contributed by atoms with E-state index in [1.807, 2.05) is 4.98 Å². The van der Waals surface area contributed by atoms with Crippen LogP contribution in [0.4, 0.5) is 5.69 Å². The number of aromatic nitrogens is 6. The Balaban J connectivity index is 1.71. The molecule has 33 heavy (non-hydrogen) atoms. The number of aromatic hydroxyl groups is 1. The van der Waals surface area contributed by atoms with Crippen LogP contribution in [0.2, 0.25) is 0 Å². The number of unbranched alkanes of at least 4 members (excludes halogenated alkanes) is 3. The average Bonchev–Trinajstić information content (AvgIpc) is 2.76. The molecule has 0 bridgehead atoms. The lowest BCUT2D eigenvalue weighted by atomic mass is 10.2. The van der Waals surface area contributed by atoms with Gasteiger partial charge in [0.1, 0.15) is 5.56 Å². The fourth-order valence-corrected chi connectivity index (χ4v) is 3.39. The molecule has 0 aliphatic rings. The van der Waals surface area contributed by atoms with Crippen LogP contribution in [-0.4, -0.2) is 40.8 Å². The number of fused-ring (bicyclic) bond motifs is 2. The highest BCUT2D eigenvalue weighted by Crippen LogP contribution is 2.20. The molecule has 3 heterocycles. The van der Waals surface area contributed by atoms with E-state index in [4.69, 9.17) is 0 Å². The van der Waals surface area contributed by atoms with E-state index in [1.54, 1.807) is 18.2 Å². The van der Waals surface area contributed by atoms with Gasteiger partial charge in [-0.15, -0.1) is 0 Å². The summed E-state index contributed by atoms with van der Waals surface area (Å²) in [6.45, 7) is 2.40. The van der Waals surface area contributed by atoms with Gasteiger partial charge in [0.15, 0.2) is 11.2 Å². The Morgan fingerprint density at radius 2 is 1.85 bits per heavy atom. The third-order valence-electron chi connectivity index (χ3n) is 5.10. The van der Waals surface area contributed by atoms with E-state index in [-0.39, 0.29) is 16.7 Å². The number of nitrogens with zero attached hydrogens (tertiary/aromatic N) is 4. The van der Waals surface area contributed by atoms with Crippen LogP contribution < -0.4 is 22.5 Å². The number of aliphatic imine (C=N–C) groups is 1. The second-order valence-electron chi connectivity index (χ2n) is 7.47. The molecular formula is C21H21N7O5. The van der Waals surface area contributed by atoms with Crippen molar-refractivity contribution in [1.29, 1.82) is 0 Å². The van der Waals surface area contributed by atoms with Crippen molar-refractivity contribution < 1.29 is 5.11 Å². The Hall–Kier alpha value is -4.35. The fourth-order valence-electron chi connectivity index (χ4n) is 3.39. The highest BCUT2D eigenvalue weighted by molar-refractivity contribution is 5.88. The van der Waals surface area contributed by atoms with Crippen LogP contribution in [0.25, 0.3) is 22.2 Å². The lowest BCUT2D eigenvalue weighted by Gasteiger charge is -2.06. The molecule has 0 unspecified atom stereocenters. The Labute approximate surface area is 184 Å². The van der Waals surface area contributed by atoms with Gasteiger partial charge in [-0.25, -0.2) is 19.6 Å². The maximum atomic E-state index is 12.8. The van der Waals surface area contributed by atoms with E-state index in [1.165, 1.54) is 0 Å². The van der Waals surface area contributed by atoms with E-state index < -0.39 is 28.4 Å². The summed E-state index contributed by atoms with van der Waals surface area (Å²) in [4.78, 5) is 67.7. The maximum Gasteiger partial charge on any atom is 0.330 e. The van der Waals surface area contributed by atoms with Crippen LogP contribution in [-0.2, 0) is 6.54 Å². The number of hydrogen-bond donors (Lipinski definition) is 4. The highest BCUT2D eigenvalue weighted by atomic mass is 16.3. The number of benzene rings is 1. The number of aromatic amines is 3. The number of nitrogens with one attached hydrogen (secondary N) is 3. The maximum absolute atomic E-state index is 12.8. The standard InChI is InChI=1S/C21H21N7O5/c1-2-3-4-5-8-28-19(31)15-16(25-21(28)33)24-14-9-11(6-7-13(14)23-15)22-10-12-17(29)26-20(32)27-18(12)30/h6-7,9-10H,2-5,8H2,1H3,(H,24,25,33)(H3,26,27,29,30,32). The molecule has 0 fully saturated rings. The monoisotopic (exact) mass is 451 g/mol. The van der Waals surface area contributed by atoms with Gasteiger partial charge in [0, 0.05) is 12.8 Å². The molecule has 0 saturated carbocycles. The molecule has 3 aromatic heterocycles. The Kier molecular flexibility index (Phi) is 5.98. The van der Waals surface area contributed by atoms with Gasteiger partial charge in [-0.05, 0) is 24.6 Å². The first-order valence-corrected chi connectivity index (χ1v) is 10.4. The summed E-state index contributed by atoms with van der Waals surface area (Å²) in [6, 6.07) is 4.73. The lowest BCUT2D eigenvalue weighted by molar-refractivity contribution is 0.447. The molecule has 12 heteroatoms. The molecule has 4 aromatic rings. The van der Waals surface area contributed by atoms with Crippen LogP contribution >= 0.6 is 0 Å². The van der Waals surface area contributed by atoms with Crippen LogP contribution in [0, 0.1) is 0 Å². The Morgan fingerprint density at radius 3 is 2.61 bits per heavy atom. The third kappa shape index (κ3) is 4.49. The van der Waals surface area contributed by atoms with Crippen LogP contribution in [0.15, 0.2) is 42.4 Å². The second-order valence-corrected chi connectivity index (χ2v) is 7.47. The summed E-state index contributed by atoms with van der Waals surface area (Å²) in [6.07, 6.45) is 4.83. The van der Waals surface area contributed by atoms with E-state index in [0.29, 0.717) is 23.3 Å². The van der Waals surface area contributed by atoms with Gasteiger partial charge in [0.25, 0.3) is 11.1 Å². The lowest BCUT2D eigenvalue weighted by Crippen LogP contribution is -2.35. The van der Waals surface area contributed by atoms with Crippen molar-refractivity contribution in [2.75, 3.05) is 0 Å². The molecule has 0 saturated heterocycles. The molecule has 4 rings (SSSR count). The minimum absolute atomic E-state index is 0.0677. The molecular weight excluding hydrogens is 430 g/mol. The van der Waals surface area contributed by atoms with Crippen molar-refractivity contribution >= 4 is 34.1 Å². The van der Waals surface area contributed by atoms with E-state index >= 15 is 0 Å². The summed E-state index contributed by atoms with van der Waals surface area (Å²) < 4.78 is 1.14. The molecule has 0 spiro atoms. The zero-order valence-corrected chi connectivity index (χ0v) is 17.7. The largest absolute Gasteiger partial charge is 0.494 e. The van der Waals surface area contributed by atoms with Crippen LogP contribution in [0.5, 0.6) is 5.88 Å². The highest BCUT2D eigenvalue weighted by Gasteiger charge is 2.12. The van der Waals surface area contributed by atoms with E-state index in [0.717, 1.165) is 36.5 Å². The molecule has 0 radical (unpaired) electrons. The normalized spacial score (nSPS) is 11.7. The van der Waals surface area contributed by atoms with E-state index in [2.05, 4.69) is 31.9 Å². The molecule has 0 aliphatic heterocycles. The van der Waals surface area contributed by atoms with Crippen molar-refractivity contribution in [1.82, 2.24) is 29.5 Å². The first kappa shape index (κ1) is 21.9. The van der Waals surface area contributed by atoms with Crippen molar-refractivity contribution in [3.63, 3.8) is 0 Å². The van der Waals surface area contributed by atoms with Crippen LogP contribution in [0.3, 0.4) is 0 Å². The van der Waals surface area contributed by atoms with Gasteiger partial charge in [0.05, 0.1) is 16.7 Å². The number of H-pyrrole nitrogens is 3. The Bertz CT molecular complexity index is 1610. The Morgan fingerprint density at radius 1 is 1.03 bits per heavy atom. The second kappa shape index (κ2) is 9.02. The first-order valence-electron chi connectivity index (χ1n) is 10.4. The summed E-state index contributed by atoms with van der Waals surface area (Å²) in [5, 5.41) is 9.74. The summed E-state index contributed by atoms with van der Waals surface area (Å²) >= 11 is 0. The van der Waals surface area contributed by atoms with Gasteiger partial charge >= 0.3 is 11.4 Å². The quantitative estimate of drug-likeness (QED) is 0.184. The molecule has 0 aliphatic carbocycles. The predicted octanol–water partition coefficient (Wildman–Crippen LogP) is 1.05. The van der Waals surface area contributed by atoms with Gasteiger partial charge in [-0.3, -0.25) is 34.1 Å². The molecule has 170 valence electrons.